The Kier molecular flexibility index (Phi) is 6.10. The lowest BCUT2D eigenvalue weighted by molar-refractivity contribution is -0.136. The second kappa shape index (κ2) is 6.23. The maximum absolute atomic E-state index is 10.4. The van der Waals surface area contributed by atoms with Gasteiger partial charge in [-0.2, -0.15) is 12.6 Å². The molecule has 0 amide bonds. The second-order valence-corrected chi connectivity index (χ2v) is 3.99. The third-order valence-corrected chi connectivity index (χ3v) is 2.72. The van der Waals surface area contributed by atoms with E-state index in [4.69, 9.17) is 20.4 Å². The fourth-order valence-corrected chi connectivity index (χ4v) is 1.08. The predicted octanol–water partition coefficient (Wildman–Crippen LogP) is -0.887. The fourth-order valence-electron chi connectivity index (χ4n) is 0.954. The standard InChI is InChI=1S/C8H16O5S/c9-3-8(4-10,5-11)2-1-6(14)7(12)13/h6,9-11,14H,1-5H2,(H,12,13). The van der Waals surface area contributed by atoms with Gasteiger partial charge in [0.2, 0.25) is 0 Å². The average molecular weight is 224 g/mol. The molecule has 6 heteroatoms. The summed E-state index contributed by atoms with van der Waals surface area (Å²) in [5.74, 6) is -1.05. The van der Waals surface area contributed by atoms with Crippen molar-refractivity contribution in [3.8, 4) is 0 Å². The zero-order valence-electron chi connectivity index (χ0n) is 7.76. The zero-order valence-corrected chi connectivity index (χ0v) is 8.65. The minimum absolute atomic E-state index is 0.195. The summed E-state index contributed by atoms with van der Waals surface area (Å²) in [5, 5.41) is 34.5. The van der Waals surface area contributed by atoms with E-state index >= 15 is 0 Å². The van der Waals surface area contributed by atoms with Crippen LogP contribution in [0.3, 0.4) is 0 Å². The summed E-state index contributed by atoms with van der Waals surface area (Å²) in [4.78, 5) is 10.4. The molecule has 4 N–H and O–H groups in total. The highest BCUT2D eigenvalue weighted by molar-refractivity contribution is 7.81. The molecule has 0 aromatic carbocycles. The smallest absolute Gasteiger partial charge is 0.316 e. The van der Waals surface area contributed by atoms with Gasteiger partial charge in [-0.3, -0.25) is 4.79 Å². The SMILES string of the molecule is O=C(O)C(S)CCC(CO)(CO)CO. The molecule has 0 radical (unpaired) electrons. The fraction of sp³-hybridized carbons (Fsp3) is 0.875. The Morgan fingerprint density at radius 1 is 1.21 bits per heavy atom. The van der Waals surface area contributed by atoms with Gasteiger partial charge in [0, 0.05) is 5.41 Å². The maximum Gasteiger partial charge on any atom is 0.316 e. The number of aliphatic hydroxyl groups is 3. The van der Waals surface area contributed by atoms with E-state index in [2.05, 4.69) is 12.6 Å². The first-order valence-electron chi connectivity index (χ1n) is 4.25. The van der Waals surface area contributed by atoms with Gasteiger partial charge in [-0.25, -0.2) is 0 Å². The molecule has 0 aromatic rings. The highest BCUT2D eigenvalue weighted by Gasteiger charge is 2.29. The lowest BCUT2D eigenvalue weighted by Gasteiger charge is -2.27. The minimum atomic E-state index is -1.05. The second-order valence-electron chi connectivity index (χ2n) is 3.37. The number of hydrogen-bond donors (Lipinski definition) is 5. The molecular formula is C8H16O5S. The molecule has 0 fully saturated rings. The first-order valence-corrected chi connectivity index (χ1v) is 4.76. The van der Waals surface area contributed by atoms with Crippen molar-refractivity contribution in [1.29, 1.82) is 0 Å². The normalized spacial score (nSPS) is 14.0. The highest BCUT2D eigenvalue weighted by atomic mass is 32.1. The number of aliphatic hydroxyl groups excluding tert-OH is 3. The third-order valence-electron chi connectivity index (χ3n) is 2.24. The number of carboxylic acid groups (broad SMARTS) is 1. The van der Waals surface area contributed by atoms with Crippen LogP contribution in [0.1, 0.15) is 12.8 Å². The summed E-state index contributed by atoms with van der Waals surface area (Å²) in [7, 11) is 0. The van der Waals surface area contributed by atoms with Gasteiger partial charge in [0.25, 0.3) is 0 Å². The molecular weight excluding hydrogens is 208 g/mol. The van der Waals surface area contributed by atoms with Gasteiger partial charge in [0.1, 0.15) is 0 Å². The summed E-state index contributed by atoms with van der Waals surface area (Å²) in [6.07, 6.45) is 0.414. The largest absolute Gasteiger partial charge is 0.480 e. The molecule has 0 spiro atoms. The Labute approximate surface area is 87.8 Å². The topological polar surface area (TPSA) is 98.0 Å². The zero-order chi connectivity index (χ0) is 11.2. The van der Waals surface area contributed by atoms with Gasteiger partial charge < -0.3 is 20.4 Å². The van der Waals surface area contributed by atoms with Crippen molar-refractivity contribution in [3.63, 3.8) is 0 Å². The van der Waals surface area contributed by atoms with Crippen LogP contribution in [0.25, 0.3) is 0 Å². The Morgan fingerprint density at radius 2 is 1.64 bits per heavy atom. The van der Waals surface area contributed by atoms with Crippen molar-refractivity contribution in [2.75, 3.05) is 19.8 Å². The van der Waals surface area contributed by atoms with Crippen LogP contribution in [-0.2, 0) is 4.79 Å². The molecule has 14 heavy (non-hydrogen) atoms. The van der Waals surface area contributed by atoms with Gasteiger partial charge in [0.05, 0.1) is 25.1 Å². The Balaban J connectivity index is 4.12. The van der Waals surface area contributed by atoms with E-state index in [1.54, 1.807) is 0 Å². The van der Waals surface area contributed by atoms with Gasteiger partial charge in [0.15, 0.2) is 0 Å². The number of hydrogen-bond acceptors (Lipinski definition) is 5. The number of rotatable bonds is 7. The molecule has 1 atom stereocenters. The molecule has 0 aliphatic heterocycles. The van der Waals surface area contributed by atoms with Crippen LogP contribution in [-0.4, -0.2) is 51.5 Å². The lowest BCUT2D eigenvalue weighted by atomic mass is 9.85. The van der Waals surface area contributed by atoms with E-state index in [0.717, 1.165) is 0 Å². The quantitative estimate of drug-likeness (QED) is 0.361. The van der Waals surface area contributed by atoms with E-state index < -0.39 is 16.6 Å². The van der Waals surface area contributed by atoms with Crippen LogP contribution < -0.4 is 0 Å². The van der Waals surface area contributed by atoms with E-state index in [0.29, 0.717) is 0 Å². The molecule has 1 unspecified atom stereocenters. The Bertz CT molecular complexity index is 172. The van der Waals surface area contributed by atoms with E-state index in [1.165, 1.54) is 0 Å². The molecule has 0 saturated carbocycles. The summed E-state index contributed by atoms with van der Waals surface area (Å²) < 4.78 is 0. The number of thiol groups is 1. The van der Waals surface area contributed by atoms with Gasteiger partial charge >= 0.3 is 5.97 Å². The summed E-state index contributed by atoms with van der Waals surface area (Å²) in [5.41, 5.74) is -1.00. The van der Waals surface area contributed by atoms with Crippen LogP contribution in [0.5, 0.6) is 0 Å². The van der Waals surface area contributed by atoms with E-state index in [9.17, 15) is 4.79 Å². The number of aliphatic carboxylic acids is 1. The molecule has 0 aliphatic rings. The predicted molar refractivity (Wildman–Crippen MR) is 53.3 cm³/mol. The first-order chi connectivity index (χ1) is 6.51. The first kappa shape index (κ1) is 13.7. The van der Waals surface area contributed by atoms with Crippen molar-refractivity contribution in [2.24, 2.45) is 5.41 Å². The van der Waals surface area contributed by atoms with Crippen LogP contribution >= 0.6 is 12.6 Å². The van der Waals surface area contributed by atoms with E-state index in [1.807, 2.05) is 0 Å². The molecule has 0 bridgehead atoms. The van der Waals surface area contributed by atoms with Crippen LogP contribution in [0.15, 0.2) is 0 Å². The molecule has 0 aromatic heterocycles. The van der Waals surface area contributed by atoms with Crippen molar-refractivity contribution < 1.29 is 25.2 Å². The summed E-state index contributed by atoms with van der Waals surface area (Å²) in [6.45, 7) is -1.12. The number of carboxylic acids is 1. The maximum atomic E-state index is 10.4. The Hall–Kier alpha value is -0.300. The monoisotopic (exact) mass is 224 g/mol. The summed E-state index contributed by atoms with van der Waals surface area (Å²) >= 11 is 3.81. The molecule has 0 heterocycles. The molecule has 0 saturated heterocycles. The average Bonchev–Trinajstić information content (AvgIpc) is 2.20. The van der Waals surface area contributed by atoms with Gasteiger partial charge in [-0.1, -0.05) is 0 Å². The Morgan fingerprint density at radius 3 is 1.93 bits per heavy atom. The molecule has 0 rings (SSSR count). The number of carbonyl (C=O) groups is 1. The van der Waals surface area contributed by atoms with Gasteiger partial charge in [-0.05, 0) is 12.8 Å². The molecule has 84 valence electrons. The van der Waals surface area contributed by atoms with E-state index in [-0.39, 0.29) is 32.7 Å². The van der Waals surface area contributed by atoms with Crippen LogP contribution in [0.2, 0.25) is 0 Å². The highest BCUT2D eigenvalue weighted by Crippen LogP contribution is 2.24. The minimum Gasteiger partial charge on any atom is -0.480 e. The van der Waals surface area contributed by atoms with Crippen LogP contribution in [0.4, 0.5) is 0 Å². The van der Waals surface area contributed by atoms with Crippen molar-refractivity contribution in [2.45, 2.75) is 18.1 Å². The third kappa shape index (κ3) is 3.83. The van der Waals surface area contributed by atoms with Crippen molar-refractivity contribution in [1.82, 2.24) is 0 Å². The van der Waals surface area contributed by atoms with Crippen molar-refractivity contribution in [3.05, 3.63) is 0 Å². The van der Waals surface area contributed by atoms with Crippen molar-refractivity contribution >= 4 is 18.6 Å². The molecule has 5 nitrogen and oxygen atoms in total. The van der Waals surface area contributed by atoms with Crippen LogP contribution in [0, 0.1) is 5.41 Å². The summed E-state index contributed by atoms with van der Waals surface area (Å²) in [6, 6.07) is 0. The molecule has 0 aliphatic carbocycles. The lowest BCUT2D eigenvalue weighted by Crippen LogP contribution is -2.35. The van der Waals surface area contributed by atoms with Gasteiger partial charge in [-0.15, -0.1) is 0 Å².